The van der Waals surface area contributed by atoms with Crippen molar-refractivity contribution in [2.24, 2.45) is 5.92 Å². The van der Waals surface area contributed by atoms with Crippen molar-refractivity contribution in [3.8, 4) is 0 Å². The van der Waals surface area contributed by atoms with Crippen LogP contribution in [0, 0.1) is 5.92 Å². The topological polar surface area (TPSA) is 241 Å². The quantitative estimate of drug-likeness (QED) is 0.0443. The molecule has 2 aliphatic rings. The van der Waals surface area contributed by atoms with Gasteiger partial charge in [-0.05, 0) is 74.1 Å². The van der Waals surface area contributed by atoms with Crippen LogP contribution in [-0.2, 0) is 54.3 Å². The van der Waals surface area contributed by atoms with Crippen LogP contribution in [0.15, 0.2) is 59.4 Å². The Kier molecular flexibility index (Phi) is 18.4. The number of carbonyl (C=O) groups is 8. The van der Waals surface area contributed by atoms with E-state index in [0.29, 0.717) is 30.6 Å². The lowest BCUT2D eigenvalue weighted by Gasteiger charge is -2.37. The van der Waals surface area contributed by atoms with Crippen LogP contribution in [0.1, 0.15) is 107 Å². The predicted molar refractivity (Wildman–Crippen MR) is 239 cm³/mol. The molecule has 1 aliphatic carbocycles. The van der Waals surface area contributed by atoms with Gasteiger partial charge in [0.1, 0.15) is 17.6 Å². The summed E-state index contributed by atoms with van der Waals surface area (Å²) in [6.07, 6.45) is 2.02. The first-order valence-corrected chi connectivity index (χ1v) is 22.4. The second-order valence-electron chi connectivity index (χ2n) is 16.8. The minimum atomic E-state index is -5.30. The van der Waals surface area contributed by atoms with Gasteiger partial charge in [0.15, 0.2) is 5.79 Å². The van der Waals surface area contributed by atoms with Crippen LogP contribution < -0.4 is 21.1 Å². The van der Waals surface area contributed by atoms with Crippen LogP contribution in [0.4, 0.5) is 24.8 Å². The highest BCUT2D eigenvalue weighted by molar-refractivity contribution is 6.13. The van der Waals surface area contributed by atoms with Crippen molar-refractivity contribution in [1.82, 2.24) is 20.2 Å². The molecule has 3 aromatic rings. The summed E-state index contributed by atoms with van der Waals surface area (Å²) in [5.74, 6) is -6.82. The van der Waals surface area contributed by atoms with E-state index in [1.807, 2.05) is 0 Å². The highest BCUT2D eigenvalue weighted by Crippen LogP contribution is 2.33. The number of H-pyrrole nitrogens is 1. The van der Waals surface area contributed by atoms with Gasteiger partial charge in [-0.1, -0.05) is 26.3 Å². The summed E-state index contributed by atoms with van der Waals surface area (Å²) in [5, 5.41) is 4.97. The molecule has 0 spiro atoms. The number of ether oxygens (including phenoxy) is 3. The number of fused-ring (bicyclic) bond motifs is 1. The van der Waals surface area contributed by atoms with Gasteiger partial charge in [-0.15, -0.1) is 0 Å². The number of nitrogens with one attached hydrogen (secondary N) is 3. The third kappa shape index (κ3) is 14.7. The van der Waals surface area contributed by atoms with Gasteiger partial charge in [0.25, 0.3) is 23.3 Å². The molecular weight excluding hydrogens is 898 g/mol. The van der Waals surface area contributed by atoms with Gasteiger partial charge in [-0.2, -0.15) is 13.2 Å². The minimum Gasteiger partial charge on any atom is -0.467 e. The zero-order chi connectivity index (χ0) is 49.6. The van der Waals surface area contributed by atoms with E-state index < -0.39 is 71.5 Å². The first-order chi connectivity index (χ1) is 32.3. The molecule has 2 heterocycles. The number of methoxy groups -OCH3 is 1. The average molecular weight is 953 g/mol. The van der Waals surface area contributed by atoms with Crippen LogP contribution in [-0.4, -0.2) is 107 Å². The molecule has 1 aliphatic heterocycles. The summed E-state index contributed by atoms with van der Waals surface area (Å²) in [6, 6.07) is 7.31. The molecular formula is C47H55F3N6O12. The summed E-state index contributed by atoms with van der Waals surface area (Å²) in [4.78, 5) is 120. The zero-order valence-corrected chi connectivity index (χ0v) is 38.0. The Bertz CT molecular complexity index is 2430. The Balaban J connectivity index is 1.11. The summed E-state index contributed by atoms with van der Waals surface area (Å²) in [6.45, 7) is 3.14. The number of alkyl halides is 3. The van der Waals surface area contributed by atoms with E-state index in [0.717, 1.165) is 55.5 Å². The summed E-state index contributed by atoms with van der Waals surface area (Å²) in [7, 11) is 1.11. The lowest BCUT2D eigenvalue weighted by atomic mass is 9.94. The average Bonchev–Trinajstić information content (AvgIpc) is 3.64. The number of rotatable bonds is 24. The molecule has 1 saturated carbocycles. The maximum Gasteiger partial charge on any atom is 0.471 e. The Hall–Kier alpha value is -6.61. The van der Waals surface area contributed by atoms with Gasteiger partial charge >= 0.3 is 18.1 Å². The zero-order valence-electron chi connectivity index (χ0n) is 38.0. The van der Waals surface area contributed by atoms with E-state index in [4.69, 9.17) is 14.2 Å². The molecule has 5 rings (SSSR count). The van der Waals surface area contributed by atoms with Crippen molar-refractivity contribution in [3.63, 3.8) is 0 Å². The summed E-state index contributed by atoms with van der Waals surface area (Å²) >= 11 is 0. The predicted octanol–water partition coefficient (Wildman–Crippen LogP) is 5.37. The summed E-state index contributed by atoms with van der Waals surface area (Å²) < 4.78 is 58.8. The molecule has 18 nitrogen and oxygen atoms in total. The van der Waals surface area contributed by atoms with Gasteiger partial charge in [0.05, 0.1) is 37.8 Å². The number of esters is 1. The fraction of sp³-hybridized carbons (Fsp3) is 0.489. The SMILES string of the molecule is COC(=O)[C@H](CCC(=O)CCCOC1(OCCCC(=O)CCN2C(=O)C=CC2=O)CCCCC1)NC(=O)c1ccc(N(Cc2ccc3nc(NC(=O)C(C)C)[nH]c(=O)c3c2)C(=O)C(F)(F)F)cc1. The van der Waals surface area contributed by atoms with Crippen molar-refractivity contribution >= 4 is 69.6 Å². The van der Waals surface area contributed by atoms with Gasteiger partial charge in [-0.25, -0.2) is 9.78 Å². The molecule has 0 bridgehead atoms. The van der Waals surface area contributed by atoms with Crippen molar-refractivity contribution in [1.29, 1.82) is 0 Å². The molecule has 366 valence electrons. The first kappa shape index (κ1) is 52.4. The molecule has 68 heavy (non-hydrogen) atoms. The largest absolute Gasteiger partial charge is 0.471 e. The Morgan fingerprint density at radius 2 is 1.47 bits per heavy atom. The maximum atomic E-state index is 13.9. The van der Waals surface area contributed by atoms with Crippen molar-refractivity contribution < 1.29 is 65.7 Å². The number of hydrogen-bond donors (Lipinski definition) is 3. The number of ketones is 2. The monoisotopic (exact) mass is 952 g/mol. The number of hydrogen-bond acceptors (Lipinski definition) is 13. The molecule has 0 saturated heterocycles. The number of Topliss-reactive ketones (excluding diaryl/α,β-unsaturated/α-hetero) is 2. The number of anilines is 2. The molecule has 5 amide bonds. The molecule has 3 N–H and O–H groups in total. The third-order valence-corrected chi connectivity index (χ3v) is 11.4. The van der Waals surface area contributed by atoms with Crippen molar-refractivity contribution in [2.75, 3.05) is 37.1 Å². The van der Waals surface area contributed by atoms with E-state index in [1.165, 1.54) is 30.4 Å². The molecule has 2 aromatic carbocycles. The number of aromatic amines is 1. The number of nitrogens with zero attached hydrogens (tertiary/aromatic N) is 3. The second-order valence-corrected chi connectivity index (χ2v) is 16.8. The fourth-order valence-corrected chi connectivity index (χ4v) is 7.57. The smallest absolute Gasteiger partial charge is 0.467 e. The van der Waals surface area contributed by atoms with Gasteiger partial charge < -0.3 is 24.4 Å². The molecule has 1 atom stereocenters. The molecule has 0 radical (unpaired) electrons. The normalized spacial score (nSPS) is 15.1. The number of halogens is 3. The van der Waals surface area contributed by atoms with E-state index in [-0.39, 0.29) is 97.1 Å². The molecule has 1 fully saturated rings. The van der Waals surface area contributed by atoms with Gasteiger partial charge in [0.2, 0.25) is 11.9 Å². The van der Waals surface area contributed by atoms with Crippen LogP contribution >= 0.6 is 0 Å². The van der Waals surface area contributed by atoms with E-state index in [9.17, 15) is 56.3 Å². The van der Waals surface area contributed by atoms with E-state index in [1.54, 1.807) is 13.8 Å². The van der Waals surface area contributed by atoms with Gasteiger partial charge in [-0.3, -0.25) is 53.6 Å². The standard InChI is InChI=1S/C47H55F3N6O12/c1-29(2)40(61)53-45-52-36-17-11-30(27-35(36)42(63)54-45)28-56(44(65)47(48,49)50)32-14-12-31(13-15-32)41(62)51-37(43(64)66-3)18-16-33(57)9-7-25-67-46(22-5-4-6-23-46)68-26-8-10-34(58)21-24-55-38(59)19-20-39(55)60/h11-15,17,19-20,27,29,37H,4-10,16,18,21-26,28H2,1-3H3,(H,51,62)(H2,52,53,54,61,63)/t37-/m0/s1. The Morgan fingerprint density at radius 3 is 2.06 bits per heavy atom. The molecule has 1 aromatic heterocycles. The summed E-state index contributed by atoms with van der Waals surface area (Å²) in [5.41, 5.74) is -0.722. The number of aromatic nitrogens is 2. The molecule has 21 heteroatoms. The highest BCUT2D eigenvalue weighted by Gasteiger charge is 2.43. The fourth-order valence-electron chi connectivity index (χ4n) is 7.57. The Morgan fingerprint density at radius 1 is 0.853 bits per heavy atom. The Labute approximate surface area is 389 Å². The molecule has 0 unspecified atom stereocenters. The van der Waals surface area contributed by atoms with Crippen LogP contribution in [0.5, 0.6) is 0 Å². The van der Waals surface area contributed by atoms with E-state index in [2.05, 4.69) is 20.6 Å². The number of amides is 5. The number of imide groups is 1. The highest BCUT2D eigenvalue weighted by atomic mass is 19.4. The number of benzene rings is 2. The lowest BCUT2D eigenvalue weighted by molar-refractivity contribution is -0.253. The van der Waals surface area contributed by atoms with E-state index >= 15 is 0 Å². The second kappa shape index (κ2) is 23.9. The minimum absolute atomic E-state index is 0.00768. The van der Waals surface area contributed by atoms with Crippen molar-refractivity contribution in [3.05, 3.63) is 76.1 Å². The van der Waals surface area contributed by atoms with Gasteiger partial charge in [0, 0.05) is 74.4 Å². The van der Waals surface area contributed by atoms with Crippen LogP contribution in [0.25, 0.3) is 10.9 Å². The first-order valence-electron chi connectivity index (χ1n) is 22.4. The van der Waals surface area contributed by atoms with Crippen LogP contribution in [0.3, 0.4) is 0 Å². The third-order valence-electron chi connectivity index (χ3n) is 11.4. The number of carbonyl (C=O) groups excluding carboxylic acids is 8. The lowest BCUT2D eigenvalue weighted by Crippen LogP contribution is -2.42. The van der Waals surface area contributed by atoms with Crippen molar-refractivity contribution in [2.45, 2.75) is 115 Å². The van der Waals surface area contributed by atoms with Crippen LogP contribution in [0.2, 0.25) is 0 Å². The maximum absolute atomic E-state index is 13.9.